The zero-order valence-electron chi connectivity index (χ0n) is 10.8. The fourth-order valence-electron chi connectivity index (χ4n) is 1.61. The summed E-state index contributed by atoms with van der Waals surface area (Å²) in [5.41, 5.74) is 2.43. The molecule has 0 saturated heterocycles. The molecular weight excluding hydrogens is 218 g/mol. The quantitative estimate of drug-likeness (QED) is 0.743. The Morgan fingerprint density at radius 1 is 1.56 bits per heavy atom. The van der Waals surface area contributed by atoms with Crippen LogP contribution in [-0.2, 0) is 13.6 Å². The second kappa shape index (κ2) is 6.97. The first-order valence-electron chi connectivity index (χ1n) is 5.93. The number of aromatic nitrogens is 2. The summed E-state index contributed by atoms with van der Waals surface area (Å²) in [5, 5.41) is 7.88. The third-order valence-electron chi connectivity index (χ3n) is 2.66. The fourth-order valence-corrected chi connectivity index (χ4v) is 2.42. The molecule has 1 N–H and O–H groups in total. The third kappa shape index (κ3) is 4.58. The Bertz CT molecular complexity index is 309. The van der Waals surface area contributed by atoms with Gasteiger partial charge in [0.1, 0.15) is 0 Å². The molecule has 1 atom stereocenters. The lowest BCUT2D eigenvalue weighted by molar-refractivity contribution is 0.536. The van der Waals surface area contributed by atoms with Crippen molar-refractivity contribution in [3.8, 4) is 0 Å². The van der Waals surface area contributed by atoms with Gasteiger partial charge in [0.15, 0.2) is 0 Å². The van der Waals surface area contributed by atoms with E-state index in [0.29, 0.717) is 6.04 Å². The third-order valence-corrected chi connectivity index (χ3v) is 3.59. The first kappa shape index (κ1) is 13.6. The van der Waals surface area contributed by atoms with Gasteiger partial charge in [0, 0.05) is 31.4 Å². The molecule has 0 spiro atoms. The average molecular weight is 241 g/mol. The smallest absolute Gasteiger partial charge is 0.0638 e. The summed E-state index contributed by atoms with van der Waals surface area (Å²) in [6.07, 6.45) is 3.33. The first-order chi connectivity index (χ1) is 7.63. The highest BCUT2D eigenvalue weighted by Gasteiger charge is 2.05. The van der Waals surface area contributed by atoms with E-state index in [1.807, 2.05) is 23.5 Å². The Morgan fingerprint density at radius 2 is 2.31 bits per heavy atom. The number of nitrogens with zero attached hydrogens (tertiary/aromatic N) is 2. The van der Waals surface area contributed by atoms with Gasteiger partial charge in [-0.05, 0) is 31.8 Å². The zero-order valence-corrected chi connectivity index (χ0v) is 11.6. The summed E-state index contributed by atoms with van der Waals surface area (Å²) in [6.45, 7) is 7.45. The lowest BCUT2D eigenvalue weighted by atomic mass is 10.2. The van der Waals surface area contributed by atoms with Crippen molar-refractivity contribution in [1.82, 2.24) is 15.1 Å². The molecule has 0 amide bonds. The second-order valence-electron chi connectivity index (χ2n) is 4.18. The summed E-state index contributed by atoms with van der Waals surface area (Å²) in [5.74, 6) is 2.46. The minimum Gasteiger partial charge on any atom is -0.310 e. The molecule has 0 fully saturated rings. The van der Waals surface area contributed by atoms with Crippen LogP contribution in [0.25, 0.3) is 0 Å². The lowest BCUT2D eigenvalue weighted by Gasteiger charge is -2.12. The van der Waals surface area contributed by atoms with Crippen LogP contribution < -0.4 is 5.32 Å². The number of thioether (sulfide) groups is 1. The lowest BCUT2D eigenvalue weighted by Crippen LogP contribution is -2.26. The van der Waals surface area contributed by atoms with Crippen LogP contribution in [0.15, 0.2) is 6.20 Å². The van der Waals surface area contributed by atoms with Gasteiger partial charge in [0.2, 0.25) is 0 Å². The molecule has 1 unspecified atom stereocenters. The van der Waals surface area contributed by atoms with Crippen molar-refractivity contribution < 1.29 is 0 Å². The van der Waals surface area contributed by atoms with Crippen molar-refractivity contribution in [2.24, 2.45) is 7.05 Å². The van der Waals surface area contributed by atoms with Crippen LogP contribution >= 0.6 is 11.8 Å². The van der Waals surface area contributed by atoms with Crippen LogP contribution in [-0.4, -0.2) is 27.3 Å². The van der Waals surface area contributed by atoms with Gasteiger partial charge in [-0.3, -0.25) is 4.68 Å². The highest BCUT2D eigenvalue weighted by atomic mass is 32.2. The van der Waals surface area contributed by atoms with Gasteiger partial charge in [-0.15, -0.1) is 0 Å². The number of nitrogens with one attached hydrogen (secondary N) is 1. The average Bonchev–Trinajstić information content (AvgIpc) is 2.55. The molecule has 0 saturated carbocycles. The van der Waals surface area contributed by atoms with E-state index in [-0.39, 0.29) is 0 Å². The molecule has 0 bridgehead atoms. The van der Waals surface area contributed by atoms with Crippen molar-refractivity contribution >= 4 is 11.8 Å². The van der Waals surface area contributed by atoms with Crippen LogP contribution in [0.4, 0.5) is 0 Å². The van der Waals surface area contributed by atoms with Crippen LogP contribution in [0.3, 0.4) is 0 Å². The Kier molecular flexibility index (Phi) is 5.91. The van der Waals surface area contributed by atoms with Gasteiger partial charge in [-0.1, -0.05) is 6.92 Å². The largest absolute Gasteiger partial charge is 0.310 e. The predicted octanol–water partition coefficient (Wildman–Crippen LogP) is 2.35. The molecule has 1 aromatic rings. The Labute approximate surface area is 103 Å². The number of hydrogen-bond acceptors (Lipinski definition) is 3. The van der Waals surface area contributed by atoms with Gasteiger partial charge in [-0.25, -0.2) is 0 Å². The van der Waals surface area contributed by atoms with Crippen LogP contribution in [0.2, 0.25) is 0 Å². The maximum absolute atomic E-state index is 4.34. The molecule has 1 rings (SSSR count). The normalized spacial score (nSPS) is 13.0. The monoisotopic (exact) mass is 241 g/mol. The summed E-state index contributed by atoms with van der Waals surface area (Å²) in [6, 6.07) is 0.582. The Morgan fingerprint density at radius 3 is 2.88 bits per heavy atom. The molecule has 0 aliphatic carbocycles. The molecule has 3 nitrogen and oxygen atoms in total. The molecule has 0 aliphatic heterocycles. The molecular formula is C12H23N3S. The second-order valence-corrected chi connectivity index (χ2v) is 5.57. The Balaban J connectivity index is 2.26. The SMILES string of the molecule is CCSCCC(C)NCc1cn(C)nc1C. The van der Waals surface area contributed by atoms with Crippen LogP contribution in [0.1, 0.15) is 31.5 Å². The van der Waals surface area contributed by atoms with E-state index in [0.717, 1.165) is 12.2 Å². The maximum Gasteiger partial charge on any atom is 0.0638 e. The van der Waals surface area contributed by atoms with Gasteiger partial charge in [0.25, 0.3) is 0 Å². The van der Waals surface area contributed by atoms with Crippen molar-refractivity contribution in [3.05, 3.63) is 17.5 Å². The van der Waals surface area contributed by atoms with E-state index in [1.165, 1.54) is 23.5 Å². The van der Waals surface area contributed by atoms with Crippen molar-refractivity contribution in [2.75, 3.05) is 11.5 Å². The molecule has 92 valence electrons. The van der Waals surface area contributed by atoms with Crippen molar-refractivity contribution in [1.29, 1.82) is 0 Å². The van der Waals surface area contributed by atoms with Gasteiger partial charge >= 0.3 is 0 Å². The molecule has 0 aromatic carbocycles. The van der Waals surface area contributed by atoms with E-state index in [4.69, 9.17) is 0 Å². The number of aryl methyl sites for hydroxylation is 2. The summed E-state index contributed by atoms with van der Waals surface area (Å²) >= 11 is 2.01. The topological polar surface area (TPSA) is 29.9 Å². The summed E-state index contributed by atoms with van der Waals surface area (Å²) in [4.78, 5) is 0. The van der Waals surface area contributed by atoms with Gasteiger partial charge in [-0.2, -0.15) is 16.9 Å². The van der Waals surface area contributed by atoms with Crippen LogP contribution in [0, 0.1) is 6.92 Å². The molecule has 4 heteroatoms. The first-order valence-corrected chi connectivity index (χ1v) is 7.09. The summed E-state index contributed by atoms with van der Waals surface area (Å²) in [7, 11) is 1.97. The molecule has 1 heterocycles. The zero-order chi connectivity index (χ0) is 12.0. The number of rotatable bonds is 7. The van der Waals surface area contributed by atoms with E-state index in [9.17, 15) is 0 Å². The molecule has 0 aliphatic rings. The van der Waals surface area contributed by atoms with Crippen molar-refractivity contribution in [3.63, 3.8) is 0 Å². The number of hydrogen-bond donors (Lipinski definition) is 1. The minimum absolute atomic E-state index is 0.582. The highest BCUT2D eigenvalue weighted by Crippen LogP contribution is 2.07. The minimum atomic E-state index is 0.582. The van der Waals surface area contributed by atoms with E-state index in [1.54, 1.807) is 0 Å². The van der Waals surface area contributed by atoms with Gasteiger partial charge in [0.05, 0.1) is 5.69 Å². The van der Waals surface area contributed by atoms with E-state index < -0.39 is 0 Å². The molecule has 16 heavy (non-hydrogen) atoms. The van der Waals surface area contributed by atoms with Crippen molar-refractivity contribution in [2.45, 2.75) is 39.8 Å². The predicted molar refractivity (Wildman–Crippen MR) is 71.9 cm³/mol. The summed E-state index contributed by atoms with van der Waals surface area (Å²) < 4.78 is 1.88. The molecule has 1 aromatic heterocycles. The molecule has 0 radical (unpaired) electrons. The highest BCUT2D eigenvalue weighted by molar-refractivity contribution is 7.99. The van der Waals surface area contributed by atoms with Crippen LogP contribution in [0.5, 0.6) is 0 Å². The Hall–Kier alpha value is -0.480. The maximum atomic E-state index is 4.34. The standard InChI is InChI=1S/C12H23N3S/c1-5-16-7-6-10(2)13-8-12-9-15(4)14-11(12)3/h9-10,13H,5-8H2,1-4H3. The fraction of sp³-hybridized carbons (Fsp3) is 0.750. The van der Waals surface area contributed by atoms with E-state index >= 15 is 0 Å². The van der Waals surface area contributed by atoms with Gasteiger partial charge < -0.3 is 5.32 Å². The van der Waals surface area contributed by atoms with E-state index in [2.05, 4.69) is 37.4 Å².